The van der Waals surface area contributed by atoms with Crippen LogP contribution in [0.5, 0.6) is 0 Å². The molecule has 6 heteroatoms. The van der Waals surface area contributed by atoms with Crippen molar-refractivity contribution in [3.63, 3.8) is 0 Å². The number of ether oxygens (including phenoxy) is 2. The quantitative estimate of drug-likeness (QED) is 0.567. The summed E-state index contributed by atoms with van der Waals surface area (Å²) in [5, 5.41) is 0. The van der Waals surface area contributed by atoms with E-state index in [0.29, 0.717) is 37.3 Å². The minimum absolute atomic E-state index is 0.0207. The number of carbonyl (C=O) groups is 3. The summed E-state index contributed by atoms with van der Waals surface area (Å²) in [6, 6.07) is 3.86. The zero-order valence-corrected chi connectivity index (χ0v) is 17.5. The number of nitrogens with zero attached hydrogens (tertiary/aromatic N) is 1. The summed E-state index contributed by atoms with van der Waals surface area (Å²) >= 11 is 0. The van der Waals surface area contributed by atoms with Crippen molar-refractivity contribution in [1.82, 2.24) is 4.90 Å². The number of benzene rings is 1. The standard InChI is InChI=1S/C23H25NO5/c1-6-7-17-8-14(2)20(15(3)9-17)21-18(26)10-23(12-24(13-23)16(4)25)11-19(21)29-22(27)28-5/h8-9H,10-13H2,1-5H3. The fourth-order valence-electron chi connectivity index (χ4n) is 4.37. The summed E-state index contributed by atoms with van der Waals surface area (Å²) in [5.74, 6) is 6.13. The van der Waals surface area contributed by atoms with Crippen molar-refractivity contribution in [2.24, 2.45) is 5.41 Å². The number of ketones is 1. The molecule has 0 aromatic heterocycles. The Morgan fingerprint density at radius 1 is 1.14 bits per heavy atom. The van der Waals surface area contributed by atoms with E-state index in [1.807, 2.05) is 26.0 Å². The van der Waals surface area contributed by atoms with Gasteiger partial charge in [0, 0.05) is 43.8 Å². The predicted octanol–water partition coefficient (Wildman–Crippen LogP) is 3.38. The Morgan fingerprint density at radius 2 is 1.76 bits per heavy atom. The number of methoxy groups -OCH3 is 1. The second-order valence-electron chi connectivity index (χ2n) is 7.87. The molecule has 1 saturated heterocycles. The van der Waals surface area contributed by atoms with Gasteiger partial charge in [-0.25, -0.2) is 4.79 Å². The van der Waals surface area contributed by atoms with Crippen molar-refractivity contribution in [3.8, 4) is 11.8 Å². The third kappa shape index (κ3) is 3.91. The van der Waals surface area contributed by atoms with E-state index in [1.54, 1.807) is 11.8 Å². The SMILES string of the molecule is CC#Cc1cc(C)c(C2=C(OC(=O)OC)CC3(CC2=O)CN(C(C)=O)C3)c(C)c1. The molecule has 3 rings (SSSR count). The van der Waals surface area contributed by atoms with Gasteiger partial charge in [0.05, 0.1) is 12.7 Å². The maximum absolute atomic E-state index is 13.3. The van der Waals surface area contributed by atoms with Gasteiger partial charge in [-0.1, -0.05) is 5.92 Å². The molecule has 0 bridgehead atoms. The maximum Gasteiger partial charge on any atom is 0.513 e. The molecule has 0 unspecified atom stereocenters. The van der Waals surface area contributed by atoms with E-state index >= 15 is 0 Å². The van der Waals surface area contributed by atoms with Crippen LogP contribution in [0.1, 0.15) is 48.9 Å². The van der Waals surface area contributed by atoms with E-state index in [0.717, 1.165) is 22.3 Å². The van der Waals surface area contributed by atoms with E-state index in [1.165, 1.54) is 14.0 Å². The van der Waals surface area contributed by atoms with Crippen molar-refractivity contribution in [1.29, 1.82) is 0 Å². The number of rotatable bonds is 2. The number of Topliss-reactive ketones (excluding diaryl/α,β-unsaturated/α-hetero) is 1. The molecule has 152 valence electrons. The van der Waals surface area contributed by atoms with Gasteiger partial charge in [0.2, 0.25) is 5.91 Å². The Balaban J connectivity index is 2.08. The first-order valence-corrected chi connectivity index (χ1v) is 9.52. The summed E-state index contributed by atoms with van der Waals surface area (Å²) < 4.78 is 10.1. The number of likely N-dealkylation sites (tertiary alicyclic amines) is 1. The summed E-state index contributed by atoms with van der Waals surface area (Å²) in [4.78, 5) is 38.5. The molecule has 1 aromatic rings. The second kappa shape index (κ2) is 7.75. The molecule has 2 aliphatic rings. The first-order chi connectivity index (χ1) is 13.7. The van der Waals surface area contributed by atoms with Gasteiger partial charge in [-0.05, 0) is 49.6 Å². The maximum atomic E-state index is 13.3. The topological polar surface area (TPSA) is 72.9 Å². The molecule has 6 nitrogen and oxygen atoms in total. The lowest BCUT2D eigenvalue weighted by atomic mass is 9.67. The van der Waals surface area contributed by atoms with Crippen LogP contribution in [0.3, 0.4) is 0 Å². The zero-order valence-electron chi connectivity index (χ0n) is 17.5. The van der Waals surface area contributed by atoms with E-state index < -0.39 is 6.16 Å². The van der Waals surface area contributed by atoms with Crippen molar-refractivity contribution in [2.75, 3.05) is 20.2 Å². The average Bonchev–Trinajstić information content (AvgIpc) is 2.60. The largest absolute Gasteiger partial charge is 0.513 e. The van der Waals surface area contributed by atoms with Gasteiger partial charge in [-0.2, -0.15) is 0 Å². The van der Waals surface area contributed by atoms with Crippen LogP contribution in [0, 0.1) is 31.1 Å². The van der Waals surface area contributed by atoms with Crippen LogP contribution in [-0.4, -0.2) is 42.9 Å². The molecule has 1 aliphatic heterocycles. The van der Waals surface area contributed by atoms with Crippen LogP contribution in [-0.2, 0) is 19.1 Å². The molecule has 1 spiro atoms. The van der Waals surface area contributed by atoms with Gasteiger partial charge in [-0.3, -0.25) is 9.59 Å². The monoisotopic (exact) mass is 395 g/mol. The van der Waals surface area contributed by atoms with Crippen LogP contribution in [0.2, 0.25) is 0 Å². The molecule has 1 heterocycles. The zero-order chi connectivity index (χ0) is 21.3. The molecular formula is C23H25NO5. The minimum atomic E-state index is -0.853. The molecule has 0 radical (unpaired) electrons. The fourth-order valence-corrected chi connectivity index (χ4v) is 4.37. The van der Waals surface area contributed by atoms with Crippen LogP contribution in [0.15, 0.2) is 17.9 Å². The lowest BCUT2D eigenvalue weighted by Gasteiger charge is -2.51. The van der Waals surface area contributed by atoms with Gasteiger partial charge in [-0.15, -0.1) is 5.92 Å². The molecule has 1 aromatic carbocycles. The average molecular weight is 395 g/mol. The molecule has 0 N–H and O–H groups in total. The molecule has 1 aliphatic carbocycles. The Morgan fingerprint density at radius 3 is 2.28 bits per heavy atom. The third-order valence-corrected chi connectivity index (χ3v) is 5.55. The van der Waals surface area contributed by atoms with Crippen molar-refractivity contribution < 1.29 is 23.9 Å². The van der Waals surface area contributed by atoms with Gasteiger partial charge in [0.15, 0.2) is 5.78 Å². The molecule has 0 saturated carbocycles. The number of hydrogen-bond acceptors (Lipinski definition) is 5. The number of hydrogen-bond donors (Lipinski definition) is 0. The van der Waals surface area contributed by atoms with Crippen LogP contribution >= 0.6 is 0 Å². The van der Waals surface area contributed by atoms with Crippen LogP contribution < -0.4 is 0 Å². The summed E-state index contributed by atoms with van der Waals surface area (Å²) in [6.07, 6.45) is -0.133. The molecular weight excluding hydrogens is 370 g/mol. The van der Waals surface area contributed by atoms with Crippen LogP contribution in [0.25, 0.3) is 5.57 Å². The lowest BCUT2D eigenvalue weighted by molar-refractivity contribution is -0.144. The van der Waals surface area contributed by atoms with E-state index in [4.69, 9.17) is 4.74 Å². The van der Waals surface area contributed by atoms with Gasteiger partial charge < -0.3 is 14.4 Å². The Bertz CT molecular complexity index is 963. The molecule has 29 heavy (non-hydrogen) atoms. The number of carbonyl (C=O) groups excluding carboxylic acids is 3. The van der Waals surface area contributed by atoms with Gasteiger partial charge in [0.25, 0.3) is 0 Å². The molecule has 0 atom stereocenters. The Hall–Kier alpha value is -3.07. The number of amides is 1. The van der Waals surface area contributed by atoms with E-state index in [-0.39, 0.29) is 17.1 Å². The van der Waals surface area contributed by atoms with Gasteiger partial charge >= 0.3 is 6.16 Å². The number of allylic oxidation sites excluding steroid dienone is 2. The molecule has 1 fully saturated rings. The Kier molecular flexibility index (Phi) is 5.52. The first-order valence-electron chi connectivity index (χ1n) is 9.52. The highest BCUT2D eigenvalue weighted by Crippen LogP contribution is 2.48. The summed E-state index contributed by atoms with van der Waals surface area (Å²) in [7, 11) is 1.23. The molecule has 1 amide bonds. The highest BCUT2D eigenvalue weighted by Gasteiger charge is 2.50. The van der Waals surface area contributed by atoms with E-state index in [9.17, 15) is 14.4 Å². The van der Waals surface area contributed by atoms with Crippen LogP contribution in [0.4, 0.5) is 4.79 Å². The van der Waals surface area contributed by atoms with Crippen molar-refractivity contribution >= 4 is 23.4 Å². The first kappa shape index (κ1) is 20.7. The van der Waals surface area contributed by atoms with Crippen molar-refractivity contribution in [2.45, 2.75) is 40.5 Å². The summed E-state index contributed by atoms with van der Waals surface area (Å²) in [6.45, 7) is 8.10. The number of aryl methyl sites for hydroxylation is 2. The van der Waals surface area contributed by atoms with Crippen molar-refractivity contribution in [3.05, 3.63) is 40.1 Å². The predicted molar refractivity (Wildman–Crippen MR) is 108 cm³/mol. The normalized spacial score (nSPS) is 17.4. The van der Waals surface area contributed by atoms with E-state index in [2.05, 4.69) is 16.6 Å². The lowest BCUT2D eigenvalue weighted by Crippen LogP contribution is -2.59. The minimum Gasteiger partial charge on any atom is -0.437 e. The Labute approximate surface area is 170 Å². The smallest absolute Gasteiger partial charge is 0.437 e. The highest BCUT2D eigenvalue weighted by molar-refractivity contribution is 6.23. The second-order valence-corrected chi connectivity index (χ2v) is 7.87. The third-order valence-electron chi connectivity index (χ3n) is 5.55. The summed E-state index contributed by atoms with van der Waals surface area (Å²) in [5.41, 5.74) is 3.48. The van der Waals surface area contributed by atoms with Gasteiger partial charge in [0.1, 0.15) is 5.76 Å². The fraction of sp³-hybridized carbons (Fsp3) is 0.435. The highest BCUT2D eigenvalue weighted by atomic mass is 16.7.